The van der Waals surface area contributed by atoms with Gasteiger partial charge in [-0.2, -0.15) is 0 Å². The highest BCUT2D eigenvalue weighted by Gasteiger charge is 2.43. The second kappa shape index (κ2) is 5.60. The van der Waals surface area contributed by atoms with Crippen LogP contribution in [-0.2, 0) is 4.79 Å². The lowest BCUT2D eigenvalue weighted by Crippen LogP contribution is -2.15. The first kappa shape index (κ1) is 13.7. The summed E-state index contributed by atoms with van der Waals surface area (Å²) in [5, 5.41) is 3.01. The van der Waals surface area contributed by atoms with Gasteiger partial charge in [0, 0.05) is 31.4 Å². The van der Waals surface area contributed by atoms with Crippen LogP contribution < -0.4 is 10.2 Å². The minimum atomic E-state index is 0.112. The van der Waals surface area contributed by atoms with E-state index in [1.54, 1.807) is 0 Å². The van der Waals surface area contributed by atoms with Crippen LogP contribution in [-0.4, -0.2) is 20.0 Å². The standard InChI is InChI=1S/C18H20N2O/c1-20(2)15-10-8-14(9-11-15)19-18(21)17-12-16(17)13-6-4-3-5-7-13/h3-11,16-17H,12H2,1-2H3,(H,19,21)/t16-,17+/m1/s1. The maximum absolute atomic E-state index is 12.3. The predicted octanol–water partition coefficient (Wildman–Crippen LogP) is 3.49. The number of nitrogens with zero attached hydrogens (tertiary/aromatic N) is 1. The molecule has 108 valence electrons. The molecule has 0 spiro atoms. The van der Waals surface area contributed by atoms with E-state index in [2.05, 4.69) is 17.4 Å². The number of hydrogen-bond donors (Lipinski definition) is 1. The molecular weight excluding hydrogens is 260 g/mol. The molecule has 0 saturated heterocycles. The number of benzene rings is 2. The zero-order chi connectivity index (χ0) is 14.8. The highest BCUT2D eigenvalue weighted by atomic mass is 16.2. The SMILES string of the molecule is CN(C)c1ccc(NC(=O)[C@H]2C[C@@H]2c2ccccc2)cc1. The summed E-state index contributed by atoms with van der Waals surface area (Å²) in [7, 11) is 4.00. The van der Waals surface area contributed by atoms with Crippen LogP contribution in [0.3, 0.4) is 0 Å². The van der Waals surface area contributed by atoms with E-state index in [0.717, 1.165) is 17.8 Å². The Morgan fingerprint density at radius 1 is 1.05 bits per heavy atom. The second-order valence-electron chi connectivity index (χ2n) is 5.79. The zero-order valence-electron chi connectivity index (χ0n) is 12.4. The fourth-order valence-corrected chi connectivity index (χ4v) is 2.63. The van der Waals surface area contributed by atoms with Crippen molar-refractivity contribution in [3.8, 4) is 0 Å². The molecule has 1 fully saturated rings. The summed E-state index contributed by atoms with van der Waals surface area (Å²) in [5.41, 5.74) is 3.26. The molecular formula is C18H20N2O. The summed E-state index contributed by atoms with van der Waals surface area (Å²) in [6.45, 7) is 0. The largest absolute Gasteiger partial charge is 0.378 e. The third-order valence-corrected chi connectivity index (χ3v) is 4.01. The van der Waals surface area contributed by atoms with Gasteiger partial charge in [0.05, 0.1) is 0 Å². The van der Waals surface area contributed by atoms with Gasteiger partial charge in [-0.15, -0.1) is 0 Å². The van der Waals surface area contributed by atoms with Crippen LogP contribution in [0.2, 0.25) is 0 Å². The third-order valence-electron chi connectivity index (χ3n) is 4.01. The highest BCUT2D eigenvalue weighted by molar-refractivity contribution is 5.95. The predicted molar refractivity (Wildman–Crippen MR) is 86.7 cm³/mol. The molecule has 2 aromatic carbocycles. The number of amides is 1. The molecule has 1 amide bonds. The van der Waals surface area contributed by atoms with Gasteiger partial charge in [-0.3, -0.25) is 4.79 Å². The molecule has 0 aliphatic heterocycles. The quantitative estimate of drug-likeness (QED) is 0.929. The van der Waals surface area contributed by atoms with Gasteiger partial charge in [-0.1, -0.05) is 30.3 Å². The zero-order valence-corrected chi connectivity index (χ0v) is 12.4. The van der Waals surface area contributed by atoms with Gasteiger partial charge in [-0.05, 0) is 42.2 Å². The van der Waals surface area contributed by atoms with Crippen molar-refractivity contribution in [2.45, 2.75) is 12.3 Å². The number of anilines is 2. The van der Waals surface area contributed by atoms with E-state index >= 15 is 0 Å². The monoisotopic (exact) mass is 280 g/mol. The average Bonchev–Trinajstić information content (AvgIpc) is 3.29. The molecule has 0 bridgehead atoms. The van der Waals surface area contributed by atoms with Crippen molar-refractivity contribution in [2.24, 2.45) is 5.92 Å². The molecule has 21 heavy (non-hydrogen) atoms. The van der Waals surface area contributed by atoms with Gasteiger partial charge in [0.1, 0.15) is 0 Å². The Labute approximate surface area is 125 Å². The van der Waals surface area contributed by atoms with Crippen molar-refractivity contribution in [1.82, 2.24) is 0 Å². The molecule has 1 aliphatic rings. The van der Waals surface area contributed by atoms with Gasteiger partial charge < -0.3 is 10.2 Å². The first-order valence-electron chi connectivity index (χ1n) is 7.28. The van der Waals surface area contributed by atoms with Crippen molar-refractivity contribution in [3.63, 3.8) is 0 Å². The summed E-state index contributed by atoms with van der Waals surface area (Å²) in [6, 6.07) is 18.2. The molecule has 3 heteroatoms. The normalized spacial score (nSPS) is 19.9. The molecule has 2 atom stereocenters. The molecule has 0 heterocycles. The topological polar surface area (TPSA) is 32.3 Å². The van der Waals surface area contributed by atoms with E-state index < -0.39 is 0 Å². The van der Waals surface area contributed by atoms with Crippen LogP contribution in [0.1, 0.15) is 17.9 Å². The van der Waals surface area contributed by atoms with E-state index in [-0.39, 0.29) is 11.8 Å². The summed E-state index contributed by atoms with van der Waals surface area (Å²) in [6.07, 6.45) is 0.950. The van der Waals surface area contributed by atoms with E-state index in [0.29, 0.717) is 5.92 Å². The average molecular weight is 280 g/mol. The molecule has 3 nitrogen and oxygen atoms in total. The van der Waals surface area contributed by atoms with E-state index in [1.165, 1.54) is 5.56 Å². The van der Waals surface area contributed by atoms with Gasteiger partial charge in [-0.25, -0.2) is 0 Å². The molecule has 1 N–H and O–H groups in total. The second-order valence-corrected chi connectivity index (χ2v) is 5.79. The minimum absolute atomic E-state index is 0.112. The fraction of sp³-hybridized carbons (Fsp3) is 0.278. The molecule has 0 radical (unpaired) electrons. The number of carbonyl (C=O) groups is 1. The van der Waals surface area contributed by atoms with Gasteiger partial charge >= 0.3 is 0 Å². The van der Waals surface area contributed by atoms with Crippen molar-refractivity contribution in [2.75, 3.05) is 24.3 Å². The first-order chi connectivity index (χ1) is 10.1. The van der Waals surface area contributed by atoms with Crippen LogP contribution in [0.15, 0.2) is 54.6 Å². The van der Waals surface area contributed by atoms with Gasteiger partial charge in [0.25, 0.3) is 0 Å². The maximum Gasteiger partial charge on any atom is 0.228 e. The molecule has 3 rings (SSSR count). The molecule has 0 aromatic heterocycles. The Hall–Kier alpha value is -2.29. The van der Waals surface area contributed by atoms with Crippen molar-refractivity contribution < 1.29 is 4.79 Å². The van der Waals surface area contributed by atoms with E-state index in [1.807, 2.05) is 61.5 Å². The highest BCUT2D eigenvalue weighted by Crippen LogP contribution is 2.47. The lowest BCUT2D eigenvalue weighted by atomic mass is 10.1. The Balaban J connectivity index is 1.60. The lowest BCUT2D eigenvalue weighted by Gasteiger charge is -2.13. The van der Waals surface area contributed by atoms with Gasteiger partial charge in [0.15, 0.2) is 0 Å². The maximum atomic E-state index is 12.3. The molecule has 1 saturated carbocycles. The van der Waals surface area contributed by atoms with Crippen LogP contribution in [0.4, 0.5) is 11.4 Å². The van der Waals surface area contributed by atoms with Crippen molar-refractivity contribution in [3.05, 3.63) is 60.2 Å². The molecule has 0 unspecified atom stereocenters. The summed E-state index contributed by atoms with van der Waals surface area (Å²) < 4.78 is 0. The number of nitrogens with one attached hydrogen (secondary N) is 1. The van der Waals surface area contributed by atoms with Crippen LogP contribution in [0, 0.1) is 5.92 Å². The number of hydrogen-bond acceptors (Lipinski definition) is 2. The Morgan fingerprint density at radius 3 is 2.33 bits per heavy atom. The fourth-order valence-electron chi connectivity index (χ4n) is 2.63. The Kier molecular flexibility index (Phi) is 3.65. The lowest BCUT2D eigenvalue weighted by molar-refractivity contribution is -0.117. The van der Waals surface area contributed by atoms with E-state index in [9.17, 15) is 4.79 Å². The van der Waals surface area contributed by atoms with Crippen molar-refractivity contribution in [1.29, 1.82) is 0 Å². The van der Waals surface area contributed by atoms with Crippen LogP contribution in [0.5, 0.6) is 0 Å². The first-order valence-corrected chi connectivity index (χ1v) is 7.28. The Morgan fingerprint density at radius 2 is 1.71 bits per heavy atom. The summed E-state index contributed by atoms with van der Waals surface area (Å²) in [5.74, 6) is 0.620. The minimum Gasteiger partial charge on any atom is -0.378 e. The van der Waals surface area contributed by atoms with Crippen LogP contribution >= 0.6 is 0 Å². The molecule has 1 aliphatic carbocycles. The smallest absolute Gasteiger partial charge is 0.228 e. The summed E-state index contributed by atoms with van der Waals surface area (Å²) >= 11 is 0. The number of carbonyl (C=O) groups excluding carboxylic acids is 1. The van der Waals surface area contributed by atoms with E-state index in [4.69, 9.17) is 0 Å². The number of rotatable bonds is 4. The van der Waals surface area contributed by atoms with Gasteiger partial charge in [0.2, 0.25) is 5.91 Å². The third kappa shape index (κ3) is 3.07. The molecule has 2 aromatic rings. The van der Waals surface area contributed by atoms with Crippen molar-refractivity contribution >= 4 is 17.3 Å². The Bertz CT molecular complexity index is 619. The van der Waals surface area contributed by atoms with Crippen LogP contribution in [0.25, 0.3) is 0 Å². The summed E-state index contributed by atoms with van der Waals surface area (Å²) in [4.78, 5) is 14.3.